The fourth-order valence-corrected chi connectivity index (χ4v) is 4.00. The van der Waals surface area contributed by atoms with Gasteiger partial charge < -0.3 is 4.74 Å². The highest BCUT2D eigenvalue weighted by molar-refractivity contribution is 6.39. The molecule has 0 aliphatic carbocycles. The fourth-order valence-electron chi connectivity index (χ4n) is 2.23. The lowest BCUT2D eigenvalue weighted by atomic mass is 10.0. The number of hydrogen-bond donors (Lipinski definition) is 0. The molecule has 0 atom stereocenters. The molecule has 3 heteroatoms. The molecule has 0 aliphatic heterocycles. The maximum atomic E-state index is 11.1. The van der Waals surface area contributed by atoms with Crippen molar-refractivity contribution in [3.63, 3.8) is 0 Å². The Morgan fingerprint density at radius 3 is 2.00 bits per heavy atom. The first-order valence-electron chi connectivity index (χ1n) is 6.70. The molecule has 0 saturated carbocycles. The maximum Gasteiger partial charge on any atom is 0.329 e. The largest absolute Gasteiger partial charge is 0.467 e. The molecule has 0 radical (unpaired) electrons. The summed E-state index contributed by atoms with van der Waals surface area (Å²) in [5.41, 5.74) is 2.95. The Morgan fingerprint density at radius 2 is 1.55 bits per heavy atom. The summed E-state index contributed by atoms with van der Waals surface area (Å²) in [4.78, 5) is 11.1. The SMILES string of the molecule is C=CC(=O)OC[SiH2]C(c1ccccc1)c1ccccc1. The molecule has 2 rings (SSSR count). The quantitative estimate of drug-likeness (QED) is 0.462. The van der Waals surface area contributed by atoms with E-state index in [1.807, 2.05) is 12.1 Å². The Bertz CT molecular complexity index is 512. The summed E-state index contributed by atoms with van der Waals surface area (Å²) in [7, 11) is -0.614. The van der Waals surface area contributed by atoms with Crippen LogP contribution < -0.4 is 0 Å². The fraction of sp³-hybridized carbons (Fsp3) is 0.118. The Labute approximate surface area is 121 Å². The van der Waals surface area contributed by atoms with E-state index >= 15 is 0 Å². The van der Waals surface area contributed by atoms with Gasteiger partial charge in [-0.15, -0.1) is 0 Å². The molecule has 0 unspecified atom stereocenters. The lowest BCUT2D eigenvalue weighted by Crippen LogP contribution is -2.17. The third kappa shape index (κ3) is 3.93. The van der Waals surface area contributed by atoms with Crippen molar-refractivity contribution >= 4 is 15.5 Å². The topological polar surface area (TPSA) is 26.3 Å². The minimum atomic E-state index is -0.614. The van der Waals surface area contributed by atoms with Gasteiger partial charge in [0.1, 0.15) is 0 Å². The predicted molar refractivity (Wildman–Crippen MR) is 84.4 cm³/mol. The second kappa shape index (κ2) is 7.45. The Kier molecular flexibility index (Phi) is 5.32. The van der Waals surface area contributed by atoms with E-state index in [1.165, 1.54) is 17.2 Å². The van der Waals surface area contributed by atoms with Crippen molar-refractivity contribution < 1.29 is 9.53 Å². The van der Waals surface area contributed by atoms with Gasteiger partial charge in [-0.1, -0.05) is 67.2 Å². The number of carbonyl (C=O) groups excluding carboxylic acids is 1. The monoisotopic (exact) mass is 282 g/mol. The molecule has 0 spiro atoms. The van der Waals surface area contributed by atoms with Crippen LogP contribution in [0.25, 0.3) is 0 Å². The van der Waals surface area contributed by atoms with Gasteiger partial charge in [0.25, 0.3) is 0 Å². The Morgan fingerprint density at radius 1 is 1.05 bits per heavy atom. The Hall–Kier alpha value is -2.13. The minimum absolute atomic E-state index is 0.336. The van der Waals surface area contributed by atoms with E-state index in [2.05, 4.69) is 55.1 Å². The molecule has 2 aromatic rings. The summed E-state index contributed by atoms with van der Waals surface area (Å²) >= 11 is 0. The van der Waals surface area contributed by atoms with Gasteiger partial charge in [-0.25, -0.2) is 4.79 Å². The van der Waals surface area contributed by atoms with Gasteiger partial charge in [0.2, 0.25) is 0 Å². The molecular formula is C17H18O2Si. The lowest BCUT2D eigenvalue weighted by Gasteiger charge is -2.17. The van der Waals surface area contributed by atoms with Crippen LogP contribution in [0.3, 0.4) is 0 Å². The van der Waals surface area contributed by atoms with Crippen LogP contribution in [-0.4, -0.2) is 21.7 Å². The van der Waals surface area contributed by atoms with Crippen LogP contribution in [0.2, 0.25) is 0 Å². The highest BCUT2D eigenvalue weighted by Crippen LogP contribution is 2.23. The molecule has 20 heavy (non-hydrogen) atoms. The first-order valence-corrected chi connectivity index (χ1v) is 8.52. The van der Waals surface area contributed by atoms with E-state index in [4.69, 9.17) is 4.74 Å². The van der Waals surface area contributed by atoms with E-state index in [0.29, 0.717) is 11.8 Å². The number of rotatable bonds is 6. The van der Waals surface area contributed by atoms with E-state index in [0.717, 1.165) is 0 Å². The van der Waals surface area contributed by atoms with Crippen LogP contribution >= 0.6 is 0 Å². The normalized spacial score (nSPS) is 10.8. The molecule has 0 N–H and O–H groups in total. The molecule has 0 fully saturated rings. The summed E-state index contributed by atoms with van der Waals surface area (Å²) in [5, 5.41) is 0. The predicted octanol–water partition coefficient (Wildman–Crippen LogP) is 2.63. The van der Waals surface area contributed by atoms with Crippen molar-refractivity contribution in [2.75, 3.05) is 6.23 Å². The van der Waals surface area contributed by atoms with Crippen LogP contribution in [0.5, 0.6) is 0 Å². The molecule has 102 valence electrons. The summed E-state index contributed by atoms with van der Waals surface area (Å²) in [6.45, 7) is 3.42. The van der Waals surface area contributed by atoms with Gasteiger partial charge in [-0.3, -0.25) is 0 Å². The molecule has 0 amide bonds. The average molecular weight is 282 g/mol. The number of benzene rings is 2. The van der Waals surface area contributed by atoms with Crippen LogP contribution in [-0.2, 0) is 9.53 Å². The molecule has 0 bridgehead atoms. The van der Waals surface area contributed by atoms with Crippen molar-refractivity contribution in [2.24, 2.45) is 0 Å². The van der Waals surface area contributed by atoms with Crippen molar-refractivity contribution in [1.82, 2.24) is 0 Å². The van der Waals surface area contributed by atoms with Crippen molar-refractivity contribution in [2.45, 2.75) is 5.54 Å². The van der Waals surface area contributed by atoms with Gasteiger partial charge in [0.15, 0.2) is 0 Å². The van der Waals surface area contributed by atoms with E-state index in [-0.39, 0.29) is 5.97 Å². The molecule has 0 heterocycles. The van der Waals surface area contributed by atoms with Crippen molar-refractivity contribution in [3.8, 4) is 0 Å². The summed E-state index contributed by atoms with van der Waals surface area (Å²) in [6, 6.07) is 20.8. The molecule has 0 aliphatic rings. The van der Waals surface area contributed by atoms with E-state index in [9.17, 15) is 4.79 Å². The van der Waals surface area contributed by atoms with Gasteiger partial charge in [0.05, 0.1) is 15.7 Å². The second-order valence-electron chi connectivity index (χ2n) is 4.53. The highest BCUT2D eigenvalue weighted by Gasteiger charge is 2.14. The van der Waals surface area contributed by atoms with Crippen LogP contribution in [0.1, 0.15) is 16.7 Å². The summed E-state index contributed by atoms with van der Waals surface area (Å²) in [6.07, 6.45) is 1.74. The minimum Gasteiger partial charge on any atom is -0.467 e. The van der Waals surface area contributed by atoms with Crippen LogP contribution in [0.15, 0.2) is 73.3 Å². The highest BCUT2D eigenvalue weighted by atomic mass is 28.2. The summed E-state index contributed by atoms with van der Waals surface area (Å²) in [5.74, 6) is -0.336. The second-order valence-corrected chi connectivity index (χ2v) is 6.34. The molecule has 0 saturated heterocycles. The first-order chi connectivity index (χ1) is 9.81. The van der Waals surface area contributed by atoms with Gasteiger partial charge in [0, 0.05) is 11.6 Å². The van der Waals surface area contributed by atoms with Crippen molar-refractivity contribution in [1.29, 1.82) is 0 Å². The van der Waals surface area contributed by atoms with Crippen LogP contribution in [0.4, 0.5) is 0 Å². The van der Waals surface area contributed by atoms with Gasteiger partial charge in [-0.2, -0.15) is 0 Å². The number of ether oxygens (including phenoxy) is 1. The lowest BCUT2D eigenvalue weighted by molar-refractivity contribution is -0.135. The van der Waals surface area contributed by atoms with E-state index in [1.54, 1.807) is 0 Å². The molecule has 0 aromatic heterocycles. The number of carbonyl (C=O) groups is 1. The molecule has 2 aromatic carbocycles. The summed E-state index contributed by atoms with van der Waals surface area (Å²) < 4.78 is 5.17. The first kappa shape index (κ1) is 14.3. The third-order valence-corrected chi connectivity index (χ3v) is 5.18. The number of esters is 1. The standard InChI is InChI=1S/C17H18O2Si/c1-2-16(18)19-13-20-17(14-9-5-3-6-10-14)15-11-7-4-8-12-15/h2-12,17H,1,13,20H2. The molecular weight excluding hydrogens is 264 g/mol. The maximum absolute atomic E-state index is 11.1. The zero-order valence-electron chi connectivity index (χ0n) is 11.4. The molecule has 2 nitrogen and oxygen atoms in total. The number of hydrogen-bond acceptors (Lipinski definition) is 2. The zero-order valence-corrected chi connectivity index (χ0v) is 12.8. The Balaban J connectivity index is 2.13. The van der Waals surface area contributed by atoms with Crippen molar-refractivity contribution in [3.05, 3.63) is 84.4 Å². The third-order valence-electron chi connectivity index (χ3n) is 3.22. The zero-order chi connectivity index (χ0) is 14.2. The average Bonchev–Trinajstić information content (AvgIpc) is 2.53. The smallest absolute Gasteiger partial charge is 0.329 e. The van der Waals surface area contributed by atoms with Gasteiger partial charge >= 0.3 is 5.97 Å². The van der Waals surface area contributed by atoms with Crippen LogP contribution in [0, 0.1) is 0 Å². The van der Waals surface area contributed by atoms with E-state index < -0.39 is 9.52 Å². The van der Waals surface area contributed by atoms with Gasteiger partial charge in [-0.05, 0) is 11.1 Å².